The predicted octanol–water partition coefficient (Wildman–Crippen LogP) is 3.48. The molecule has 164 valence electrons. The monoisotopic (exact) mass is 412 g/mol. The first kappa shape index (κ1) is 23.9. The highest BCUT2D eigenvalue weighted by Gasteiger charge is 2.17. The van der Waals surface area contributed by atoms with Crippen LogP contribution < -0.4 is 4.90 Å². The minimum Gasteiger partial charge on any atom is -0.389 e. The molecule has 0 spiro atoms. The van der Waals surface area contributed by atoms with Gasteiger partial charge in [-0.2, -0.15) is 0 Å². The third kappa shape index (κ3) is 8.97. The molecule has 0 radical (unpaired) electrons. The highest BCUT2D eigenvalue weighted by molar-refractivity contribution is 5.76. The summed E-state index contributed by atoms with van der Waals surface area (Å²) < 4.78 is 0. The number of benzene rings is 1. The number of carbonyl (C=O) groups is 1. The molecule has 2 atom stereocenters. The average Bonchev–Trinajstić information content (AvgIpc) is 3.28. The van der Waals surface area contributed by atoms with Crippen molar-refractivity contribution in [1.29, 1.82) is 0 Å². The summed E-state index contributed by atoms with van der Waals surface area (Å²) >= 11 is 0. The molecule has 1 amide bonds. The number of carbonyl (C=O) groups excluding carboxylic acids is 1. The predicted molar refractivity (Wildman–Crippen MR) is 124 cm³/mol. The van der Waals surface area contributed by atoms with E-state index < -0.39 is 12.2 Å². The molecule has 0 aliphatic carbocycles. The van der Waals surface area contributed by atoms with Crippen LogP contribution in [0, 0.1) is 0 Å². The van der Waals surface area contributed by atoms with Crippen molar-refractivity contribution in [3.05, 3.63) is 66.3 Å². The molecule has 5 nitrogen and oxygen atoms in total. The molecule has 1 aromatic carbocycles. The summed E-state index contributed by atoms with van der Waals surface area (Å²) in [4.78, 5) is 15.9. The number of amides is 1. The summed E-state index contributed by atoms with van der Waals surface area (Å²) in [7, 11) is 4.03. The normalized spacial score (nSPS) is 16.7. The number of aliphatic hydroxyl groups is 2. The second kappa shape index (κ2) is 13.0. The van der Waals surface area contributed by atoms with Crippen LogP contribution in [0.4, 0.5) is 5.69 Å². The maximum atomic E-state index is 12.0. The van der Waals surface area contributed by atoms with Gasteiger partial charge in [-0.25, -0.2) is 0 Å². The molecule has 5 heteroatoms. The van der Waals surface area contributed by atoms with Gasteiger partial charge in [-0.3, -0.25) is 4.79 Å². The van der Waals surface area contributed by atoms with Crippen molar-refractivity contribution in [2.24, 2.45) is 0 Å². The van der Waals surface area contributed by atoms with Crippen LogP contribution in [0.3, 0.4) is 0 Å². The fourth-order valence-corrected chi connectivity index (χ4v) is 3.38. The Hall–Kier alpha value is -2.37. The fourth-order valence-electron chi connectivity index (χ4n) is 3.38. The van der Waals surface area contributed by atoms with Crippen LogP contribution in [0.15, 0.2) is 60.7 Å². The van der Waals surface area contributed by atoms with E-state index in [-0.39, 0.29) is 5.91 Å². The Balaban J connectivity index is 1.61. The summed E-state index contributed by atoms with van der Waals surface area (Å²) in [6.07, 6.45) is 14.1. The van der Waals surface area contributed by atoms with Crippen LogP contribution >= 0.6 is 0 Å². The van der Waals surface area contributed by atoms with Crippen LogP contribution in [0.2, 0.25) is 0 Å². The summed E-state index contributed by atoms with van der Waals surface area (Å²) in [5.41, 5.74) is 2.38. The zero-order valence-electron chi connectivity index (χ0n) is 18.3. The lowest BCUT2D eigenvalue weighted by Gasteiger charge is -2.15. The van der Waals surface area contributed by atoms with Crippen molar-refractivity contribution < 1.29 is 15.0 Å². The standard InChI is InChI=1S/C25H36N2O3/c1-26(2)22-14-11-21(12-15-22)13-16-23(28)9-5-3-4-6-10-24(29)17-18-25(30)27-19-7-8-20-27/h3-6,9-12,14-15,23-24,28-29H,7-8,13,16-20H2,1-2H3/b4-3+,9-5+,10-6+. The van der Waals surface area contributed by atoms with Gasteiger partial charge in [-0.05, 0) is 49.8 Å². The zero-order valence-corrected chi connectivity index (χ0v) is 18.3. The van der Waals surface area contributed by atoms with Gasteiger partial charge in [0, 0.05) is 39.3 Å². The molecular weight excluding hydrogens is 376 g/mol. The quantitative estimate of drug-likeness (QED) is 0.546. The molecule has 0 aromatic heterocycles. The number of aryl methyl sites for hydroxylation is 1. The molecule has 1 heterocycles. The molecule has 1 aliphatic heterocycles. The van der Waals surface area contributed by atoms with E-state index in [1.807, 2.05) is 37.2 Å². The lowest BCUT2D eigenvalue weighted by molar-refractivity contribution is -0.130. The van der Waals surface area contributed by atoms with E-state index in [1.165, 1.54) is 11.3 Å². The van der Waals surface area contributed by atoms with Crippen molar-refractivity contribution in [3.63, 3.8) is 0 Å². The van der Waals surface area contributed by atoms with Crippen molar-refractivity contribution in [2.45, 2.75) is 50.7 Å². The van der Waals surface area contributed by atoms with Crippen LogP contribution in [-0.2, 0) is 11.2 Å². The van der Waals surface area contributed by atoms with E-state index in [9.17, 15) is 15.0 Å². The maximum Gasteiger partial charge on any atom is 0.222 e. The van der Waals surface area contributed by atoms with Crippen molar-refractivity contribution in [1.82, 2.24) is 4.90 Å². The van der Waals surface area contributed by atoms with E-state index in [0.29, 0.717) is 19.3 Å². The van der Waals surface area contributed by atoms with Crippen LogP contribution in [0.1, 0.15) is 37.7 Å². The summed E-state index contributed by atoms with van der Waals surface area (Å²) in [6.45, 7) is 1.71. The SMILES string of the molecule is CN(C)c1ccc(CCC(O)/C=C/C=C/C=C/C(O)CCC(=O)N2CCCC2)cc1. The minimum absolute atomic E-state index is 0.140. The van der Waals surface area contributed by atoms with Gasteiger partial charge in [0.2, 0.25) is 5.91 Å². The number of aliphatic hydroxyl groups excluding tert-OH is 2. The molecule has 1 aromatic rings. The Morgan fingerprint density at radius 1 is 0.967 bits per heavy atom. The van der Waals surface area contributed by atoms with Crippen LogP contribution in [-0.4, -0.2) is 60.4 Å². The topological polar surface area (TPSA) is 64.0 Å². The molecule has 1 saturated heterocycles. The lowest BCUT2D eigenvalue weighted by atomic mass is 10.1. The van der Waals surface area contributed by atoms with Gasteiger partial charge in [0.25, 0.3) is 0 Å². The van der Waals surface area contributed by atoms with Crippen molar-refractivity contribution >= 4 is 11.6 Å². The summed E-state index contributed by atoms with van der Waals surface area (Å²) in [5, 5.41) is 20.0. The number of nitrogens with zero attached hydrogens (tertiary/aromatic N) is 2. The second-order valence-corrected chi connectivity index (χ2v) is 8.02. The van der Waals surface area contributed by atoms with E-state index >= 15 is 0 Å². The Bertz CT molecular complexity index is 716. The molecule has 2 rings (SSSR count). The molecule has 1 fully saturated rings. The average molecular weight is 413 g/mol. The molecule has 2 N–H and O–H groups in total. The summed E-state index contributed by atoms with van der Waals surface area (Å²) in [5.74, 6) is 0.140. The molecular formula is C25H36N2O3. The Morgan fingerprint density at radius 2 is 1.53 bits per heavy atom. The van der Waals surface area contributed by atoms with E-state index in [1.54, 1.807) is 18.2 Å². The van der Waals surface area contributed by atoms with Gasteiger partial charge in [0.05, 0.1) is 12.2 Å². The minimum atomic E-state index is -0.616. The maximum absolute atomic E-state index is 12.0. The van der Waals surface area contributed by atoms with Gasteiger partial charge in [-0.15, -0.1) is 0 Å². The van der Waals surface area contributed by atoms with Crippen LogP contribution in [0.25, 0.3) is 0 Å². The first-order valence-corrected chi connectivity index (χ1v) is 10.9. The van der Waals surface area contributed by atoms with E-state index in [2.05, 4.69) is 29.2 Å². The smallest absolute Gasteiger partial charge is 0.222 e. The zero-order chi connectivity index (χ0) is 21.8. The highest BCUT2D eigenvalue weighted by atomic mass is 16.3. The van der Waals surface area contributed by atoms with Gasteiger partial charge >= 0.3 is 0 Å². The van der Waals surface area contributed by atoms with E-state index in [0.717, 1.165) is 32.4 Å². The number of likely N-dealkylation sites (tertiary alicyclic amines) is 1. The van der Waals surface area contributed by atoms with Gasteiger partial charge < -0.3 is 20.0 Å². The first-order valence-electron chi connectivity index (χ1n) is 10.9. The van der Waals surface area contributed by atoms with Gasteiger partial charge in [0.1, 0.15) is 0 Å². The molecule has 0 saturated carbocycles. The highest BCUT2D eigenvalue weighted by Crippen LogP contribution is 2.14. The van der Waals surface area contributed by atoms with Crippen molar-refractivity contribution in [3.8, 4) is 0 Å². The number of allylic oxidation sites excluding steroid dienone is 4. The van der Waals surface area contributed by atoms with Gasteiger partial charge in [0.15, 0.2) is 0 Å². The van der Waals surface area contributed by atoms with Gasteiger partial charge in [-0.1, -0.05) is 48.6 Å². The Labute approximate surface area is 181 Å². The first-order chi connectivity index (χ1) is 14.5. The largest absolute Gasteiger partial charge is 0.389 e. The Morgan fingerprint density at radius 3 is 2.10 bits per heavy atom. The number of hydrogen-bond donors (Lipinski definition) is 2. The Kier molecular flexibility index (Phi) is 10.4. The second-order valence-electron chi connectivity index (χ2n) is 8.02. The molecule has 1 aliphatic rings. The third-order valence-electron chi connectivity index (χ3n) is 5.29. The number of rotatable bonds is 11. The summed E-state index contributed by atoms with van der Waals surface area (Å²) in [6, 6.07) is 8.37. The third-order valence-corrected chi connectivity index (χ3v) is 5.29. The molecule has 2 unspecified atom stereocenters. The lowest BCUT2D eigenvalue weighted by Crippen LogP contribution is -2.28. The fraction of sp³-hybridized carbons (Fsp3) is 0.480. The molecule has 0 bridgehead atoms. The number of anilines is 1. The van der Waals surface area contributed by atoms with E-state index in [4.69, 9.17) is 0 Å². The number of hydrogen-bond acceptors (Lipinski definition) is 4. The molecule has 30 heavy (non-hydrogen) atoms. The van der Waals surface area contributed by atoms with Crippen molar-refractivity contribution in [2.75, 3.05) is 32.1 Å². The van der Waals surface area contributed by atoms with Crippen LogP contribution in [0.5, 0.6) is 0 Å².